The first kappa shape index (κ1) is 20.2. The minimum absolute atomic E-state index is 0.0647. The average Bonchev–Trinajstić information content (AvgIpc) is 3.14. The fourth-order valence-electron chi connectivity index (χ4n) is 3.53. The van der Waals surface area contributed by atoms with Crippen LogP contribution in [0.5, 0.6) is 0 Å². The summed E-state index contributed by atoms with van der Waals surface area (Å²) >= 11 is 3.51. The Morgan fingerprint density at radius 3 is 2.93 bits per heavy atom. The molecule has 0 fully saturated rings. The number of benzene rings is 1. The summed E-state index contributed by atoms with van der Waals surface area (Å²) < 4.78 is 2.63. The van der Waals surface area contributed by atoms with Gasteiger partial charge in [0.05, 0.1) is 17.9 Å². The number of amides is 1. The number of anilines is 2. The van der Waals surface area contributed by atoms with Gasteiger partial charge in [-0.05, 0) is 36.2 Å². The van der Waals surface area contributed by atoms with Gasteiger partial charge < -0.3 is 15.7 Å². The van der Waals surface area contributed by atoms with Crippen molar-refractivity contribution in [3.8, 4) is 0 Å². The summed E-state index contributed by atoms with van der Waals surface area (Å²) in [6.07, 6.45) is 4.36. The number of nitrogens with zero attached hydrogens (tertiary/aromatic N) is 4. The molecule has 8 nitrogen and oxygen atoms in total. The molecule has 0 spiro atoms. The van der Waals surface area contributed by atoms with Gasteiger partial charge in [-0.25, -0.2) is 4.68 Å². The number of halogens is 1. The number of aliphatic hydroxyl groups excluding tert-OH is 1. The van der Waals surface area contributed by atoms with Gasteiger partial charge in [-0.1, -0.05) is 34.6 Å². The van der Waals surface area contributed by atoms with E-state index in [-0.39, 0.29) is 12.5 Å². The van der Waals surface area contributed by atoms with Crippen LogP contribution in [0.4, 0.5) is 11.6 Å². The zero-order valence-corrected chi connectivity index (χ0v) is 17.7. The maximum absolute atomic E-state index is 13.3. The summed E-state index contributed by atoms with van der Waals surface area (Å²) in [7, 11) is 0. The molecule has 2 atom stereocenters. The van der Waals surface area contributed by atoms with Gasteiger partial charge in [0, 0.05) is 29.4 Å². The molecule has 1 aliphatic rings. The molecule has 4 rings (SSSR count). The highest BCUT2D eigenvalue weighted by atomic mass is 79.9. The van der Waals surface area contributed by atoms with Crippen LogP contribution in [0.1, 0.15) is 23.9 Å². The lowest BCUT2D eigenvalue weighted by molar-refractivity contribution is -0.119. The number of aromatic nitrogens is 4. The van der Waals surface area contributed by atoms with Crippen molar-refractivity contribution in [3.63, 3.8) is 0 Å². The lowest BCUT2D eigenvalue weighted by Gasteiger charge is -2.33. The van der Waals surface area contributed by atoms with E-state index in [9.17, 15) is 4.79 Å². The van der Waals surface area contributed by atoms with Crippen molar-refractivity contribution in [1.82, 2.24) is 19.7 Å². The van der Waals surface area contributed by atoms with Crippen molar-refractivity contribution in [2.24, 2.45) is 5.92 Å². The monoisotopic (exact) mass is 468 g/mol. The van der Waals surface area contributed by atoms with E-state index in [1.54, 1.807) is 29.2 Å². The first-order valence-corrected chi connectivity index (χ1v) is 10.3. The second kappa shape index (κ2) is 8.76. The molecule has 0 saturated carbocycles. The van der Waals surface area contributed by atoms with Gasteiger partial charge in [-0.2, -0.15) is 10.1 Å². The number of carbonyl (C=O) groups excluding carboxylic acids is 1. The summed E-state index contributed by atoms with van der Waals surface area (Å²) in [6.45, 7) is 4.17. The van der Waals surface area contributed by atoms with Gasteiger partial charge in [-0.3, -0.25) is 9.78 Å². The van der Waals surface area contributed by atoms with Gasteiger partial charge in [0.15, 0.2) is 5.82 Å². The largest absolute Gasteiger partial charge is 0.396 e. The third-order valence-electron chi connectivity index (χ3n) is 4.86. The minimum atomic E-state index is -0.626. The molecule has 30 heavy (non-hydrogen) atoms. The van der Waals surface area contributed by atoms with E-state index in [1.165, 1.54) is 0 Å². The first-order chi connectivity index (χ1) is 14.6. The summed E-state index contributed by atoms with van der Waals surface area (Å²) in [5.41, 5.74) is 2.05. The lowest BCUT2D eigenvalue weighted by atomic mass is 9.88. The number of aliphatic hydroxyl groups is 1. The quantitative estimate of drug-likeness (QED) is 0.513. The minimum Gasteiger partial charge on any atom is -0.396 e. The van der Waals surface area contributed by atoms with E-state index < -0.39 is 12.0 Å². The van der Waals surface area contributed by atoms with Crippen molar-refractivity contribution in [2.75, 3.05) is 17.2 Å². The zero-order valence-electron chi connectivity index (χ0n) is 16.1. The number of hydrogen-bond acceptors (Lipinski definition) is 6. The molecule has 1 aliphatic heterocycles. The summed E-state index contributed by atoms with van der Waals surface area (Å²) in [4.78, 5) is 21.9. The normalized spacial score (nSPS) is 17.9. The molecule has 1 amide bonds. The number of pyridine rings is 1. The molecule has 0 aliphatic carbocycles. The molecule has 0 unspecified atom stereocenters. The van der Waals surface area contributed by atoms with Crippen LogP contribution in [-0.2, 0) is 11.2 Å². The highest BCUT2D eigenvalue weighted by Crippen LogP contribution is 2.38. The number of hydrogen-bond donors (Lipinski definition) is 3. The molecule has 3 heterocycles. The van der Waals surface area contributed by atoms with Crippen LogP contribution in [0.3, 0.4) is 0 Å². The highest BCUT2D eigenvalue weighted by molar-refractivity contribution is 9.10. The predicted octanol–water partition coefficient (Wildman–Crippen LogP) is 3.14. The fourth-order valence-corrected chi connectivity index (χ4v) is 3.94. The Morgan fingerprint density at radius 2 is 2.20 bits per heavy atom. The first-order valence-electron chi connectivity index (χ1n) is 9.55. The van der Waals surface area contributed by atoms with Gasteiger partial charge in [0.1, 0.15) is 5.92 Å². The van der Waals surface area contributed by atoms with Gasteiger partial charge >= 0.3 is 0 Å². The summed E-state index contributed by atoms with van der Waals surface area (Å²) in [6, 6.07) is 10.9. The number of fused-ring (bicyclic) bond motifs is 1. The van der Waals surface area contributed by atoms with E-state index in [1.807, 2.05) is 24.3 Å². The van der Waals surface area contributed by atoms with E-state index in [0.717, 1.165) is 10.0 Å². The molecular weight excluding hydrogens is 448 g/mol. The molecule has 154 valence electrons. The van der Waals surface area contributed by atoms with E-state index in [0.29, 0.717) is 36.0 Å². The van der Waals surface area contributed by atoms with Crippen LogP contribution in [0.15, 0.2) is 65.5 Å². The molecule has 0 bridgehead atoms. The van der Waals surface area contributed by atoms with Crippen molar-refractivity contribution in [1.29, 1.82) is 0 Å². The van der Waals surface area contributed by atoms with Gasteiger partial charge in [0.25, 0.3) is 0 Å². The Kier molecular flexibility index (Phi) is 5.91. The molecule has 0 radical (unpaired) electrons. The number of rotatable bonds is 6. The highest BCUT2D eigenvalue weighted by Gasteiger charge is 2.40. The van der Waals surface area contributed by atoms with Crippen LogP contribution in [0.2, 0.25) is 0 Å². The Balaban J connectivity index is 1.75. The third kappa shape index (κ3) is 4.12. The van der Waals surface area contributed by atoms with Gasteiger partial charge in [-0.15, -0.1) is 0 Å². The standard InChI is InChI=1S/C21H21BrN6O2/c1-13-18(20(30)25-16-7-3-9-23-12-16)19(14-5-2-6-15(22)11-14)28-21(24-13)26-17(27-28)8-4-10-29/h2-3,5-7,9,11-12,18-19,29H,1,4,8,10H2,(H,25,30)(H,24,26,27)/t18-,19-/m0/s1. The SMILES string of the molecule is C=C1Nc2nc(CCCO)nn2[C@@H](c2cccc(Br)c2)[C@H]1C(=O)Nc1cccnc1. The number of nitrogens with one attached hydrogen (secondary N) is 2. The van der Waals surface area contributed by atoms with Crippen molar-refractivity contribution in [3.05, 3.63) is 76.9 Å². The molecule has 3 aromatic rings. The maximum Gasteiger partial charge on any atom is 0.236 e. The Bertz CT molecular complexity index is 1070. The smallest absolute Gasteiger partial charge is 0.236 e. The van der Waals surface area contributed by atoms with Crippen LogP contribution in [-0.4, -0.2) is 37.4 Å². The number of carbonyl (C=O) groups is 1. The van der Waals surface area contributed by atoms with E-state index >= 15 is 0 Å². The Morgan fingerprint density at radius 1 is 1.33 bits per heavy atom. The average molecular weight is 469 g/mol. The van der Waals surface area contributed by atoms with Crippen molar-refractivity contribution >= 4 is 33.5 Å². The Hall–Kier alpha value is -3.04. The van der Waals surface area contributed by atoms with Gasteiger partial charge in [0.2, 0.25) is 11.9 Å². The van der Waals surface area contributed by atoms with Crippen molar-refractivity contribution in [2.45, 2.75) is 18.9 Å². The number of aryl methyl sites for hydroxylation is 1. The molecule has 1 aromatic carbocycles. The Labute approximate surface area is 182 Å². The zero-order chi connectivity index (χ0) is 21.1. The van der Waals surface area contributed by atoms with E-state index in [2.05, 4.69) is 48.2 Å². The predicted molar refractivity (Wildman–Crippen MR) is 117 cm³/mol. The molecule has 0 saturated heterocycles. The van der Waals surface area contributed by atoms with E-state index in [4.69, 9.17) is 5.11 Å². The fraction of sp³-hybridized carbons (Fsp3) is 0.238. The summed E-state index contributed by atoms with van der Waals surface area (Å²) in [5.74, 6) is 0.291. The molecular formula is C21H21BrN6O2. The van der Waals surface area contributed by atoms with Crippen LogP contribution in [0.25, 0.3) is 0 Å². The second-order valence-corrected chi connectivity index (χ2v) is 7.90. The molecule has 3 N–H and O–H groups in total. The lowest BCUT2D eigenvalue weighted by Crippen LogP contribution is -2.39. The third-order valence-corrected chi connectivity index (χ3v) is 5.36. The molecule has 9 heteroatoms. The van der Waals surface area contributed by atoms with Crippen molar-refractivity contribution < 1.29 is 9.90 Å². The van der Waals surface area contributed by atoms with Crippen LogP contribution in [0, 0.1) is 5.92 Å². The van der Waals surface area contributed by atoms with Crippen LogP contribution >= 0.6 is 15.9 Å². The maximum atomic E-state index is 13.3. The van der Waals surface area contributed by atoms with Crippen LogP contribution < -0.4 is 10.6 Å². The summed E-state index contributed by atoms with van der Waals surface area (Å²) in [5, 5.41) is 19.8. The topological polar surface area (TPSA) is 105 Å². The molecule has 2 aromatic heterocycles. The second-order valence-electron chi connectivity index (χ2n) is 6.98.